The van der Waals surface area contributed by atoms with Crippen molar-refractivity contribution in [3.05, 3.63) is 29.8 Å². The zero-order chi connectivity index (χ0) is 18.7. The smallest absolute Gasteiger partial charge is 0.316 e. The fraction of sp³-hybridized carbons (Fsp3) is 0.471. The van der Waals surface area contributed by atoms with Gasteiger partial charge in [-0.1, -0.05) is 36.0 Å². The number of ether oxygens (including phenoxy) is 1. The number of sulfone groups is 1. The van der Waals surface area contributed by atoms with Gasteiger partial charge in [-0.25, -0.2) is 8.42 Å². The first-order valence-corrected chi connectivity index (χ1v) is 11.2. The number of benzene rings is 1. The second kappa shape index (κ2) is 7.79. The average molecular weight is 396 g/mol. The molecule has 9 heteroatoms. The maximum absolute atomic E-state index is 12.0. The quantitative estimate of drug-likeness (QED) is 0.546. The molecule has 0 unspecified atom stereocenters. The molecular formula is C17H21N3O4S2. The molecule has 1 atom stereocenters. The van der Waals surface area contributed by atoms with Gasteiger partial charge in [0.05, 0.1) is 17.3 Å². The first-order valence-electron chi connectivity index (χ1n) is 8.41. The second-order valence-corrected chi connectivity index (χ2v) is 9.34. The number of hydrogen-bond acceptors (Lipinski definition) is 7. The molecule has 0 bridgehead atoms. The third-order valence-electron chi connectivity index (χ3n) is 4.23. The van der Waals surface area contributed by atoms with E-state index in [9.17, 15) is 13.2 Å². The van der Waals surface area contributed by atoms with Crippen LogP contribution in [-0.2, 0) is 25.9 Å². The van der Waals surface area contributed by atoms with Crippen LogP contribution in [0, 0.1) is 6.92 Å². The largest absolute Gasteiger partial charge is 0.461 e. The van der Waals surface area contributed by atoms with Crippen LogP contribution in [-0.4, -0.2) is 52.5 Å². The van der Waals surface area contributed by atoms with Crippen molar-refractivity contribution >= 4 is 27.6 Å². The van der Waals surface area contributed by atoms with Gasteiger partial charge in [0.2, 0.25) is 0 Å². The highest BCUT2D eigenvalue weighted by Crippen LogP contribution is 2.26. The van der Waals surface area contributed by atoms with E-state index >= 15 is 0 Å². The van der Waals surface area contributed by atoms with Gasteiger partial charge in [-0.3, -0.25) is 4.79 Å². The molecule has 0 aliphatic carbocycles. The van der Waals surface area contributed by atoms with Crippen molar-refractivity contribution in [2.24, 2.45) is 0 Å². The van der Waals surface area contributed by atoms with Crippen LogP contribution in [0.5, 0.6) is 0 Å². The summed E-state index contributed by atoms with van der Waals surface area (Å²) in [5.74, 6) is 0.416. The van der Waals surface area contributed by atoms with Gasteiger partial charge in [0.15, 0.2) is 20.8 Å². The van der Waals surface area contributed by atoms with E-state index in [2.05, 4.69) is 10.2 Å². The highest BCUT2D eigenvalue weighted by molar-refractivity contribution is 7.99. The molecule has 1 aliphatic heterocycles. The minimum absolute atomic E-state index is 0.0719. The van der Waals surface area contributed by atoms with Crippen molar-refractivity contribution in [1.29, 1.82) is 0 Å². The standard InChI is InChI=1S/C17H21N3O4S2/c1-3-20-16(14-7-5-4-6-12(14)2)18-19-17(20)25-10-15(21)24-13-8-9-26(22,23)11-13/h4-7,13H,3,8-11H2,1-2H3/t13-/m0/s1. The second-order valence-electron chi connectivity index (χ2n) is 6.17. The molecule has 140 valence electrons. The van der Waals surface area contributed by atoms with E-state index in [1.807, 2.05) is 42.7 Å². The van der Waals surface area contributed by atoms with E-state index in [1.54, 1.807) is 0 Å². The lowest BCUT2D eigenvalue weighted by Crippen LogP contribution is -2.20. The van der Waals surface area contributed by atoms with Crippen LogP contribution in [0.4, 0.5) is 0 Å². The average Bonchev–Trinajstić information content (AvgIpc) is 3.15. The van der Waals surface area contributed by atoms with Gasteiger partial charge in [-0.2, -0.15) is 0 Å². The van der Waals surface area contributed by atoms with Crippen LogP contribution in [0.1, 0.15) is 18.9 Å². The van der Waals surface area contributed by atoms with Crippen LogP contribution in [0.3, 0.4) is 0 Å². The number of hydrogen-bond donors (Lipinski definition) is 0. The molecule has 2 aromatic rings. The Morgan fingerprint density at radius 1 is 1.35 bits per heavy atom. The number of carbonyl (C=O) groups is 1. The van der Waals surface area contributed by atoms with Gasteiger partial charge in [0.1, 0.15) is 6.10 Å². The van der Waals surface area contributed by atoms with Gasteiger partial charge in [-0.05, 0) is 25.8 Å². The number of aromatic nitrogens is 3. The molecule has 0 spiro atoms. The highest BCUT2D eigenvalue weighted by Gasteiger charge is 2.30. The molecule has 1 saturated heterocycles. The Balaban J connectivity index is 1.65. The summed E-state index contributed by atoms with van der Waals surface area (Å²) in [7, 11) is -3.06. The number of thioether (sulfide) groups is 1. The van der Waals surface area contributed by atoms with Crippen molar-refractivity contribution in [1.82, 2.24) is 14.8 Å². The summed E-state index contributed by atoms with van der Waals surface area (Å²) in [5, 5.41) is 9.12. The maximum Gasteiger partial charge on any atom is 0.316 e. The molecule has 0 saturated carbocycles. The summed E-state index contributed by atoms with van der Waals surface area (Å²) in [6.45, 7) is 4.69. The molecule has 1 aromatic heterocycles. The first-order chi connectivity index (χ1) is 12.4. The summed E-state index contributed by atoms with van der Waals surface area (Å²) in [5.41, 5.74) is 2.11. The molecule has 2 heterocycles. The highest BCUT2D eigenvalue weighted by atomic mass is 32.2. The Hall–Kier alpha value is -1.87. The number of esters is 1. The Bertz CT molecular complexity index is 908. The third-order valence-corrected chi connectivity index (χ3v) is 6.90. The maximum atomic E-state index is 12.0. The topological polar surface area (TPSA) is 91.2 Å². The molecule has 0 amide bonds. The van der Waals surface area contributed by atoms with Crippen LogP contribution < -0.4 is 0 Å². The Labute approximate surface area is 157 Å². The van der Waals surface area contributed by atoms with E-state index in [4.69, 9.17) is 4.74 Å². The lowest BCUT2D eigenvalue weighted by atomic mass is 10.1. The molecule has 3 rings (SSSR count). The van der Waals surface area contributed by atoms with E-state index in [0.717, 1.165) is 17.0 Å². The summed E-state index contributed by atoms with van der Waals surface area (Å²) in [4.78, 5) is 12.0. The normalized spacial score (nSPS) is 18.8. The van der Waals surface area contributed by atoms with E-state index in [1.165, 1.54) is 11.8 Å². The minimum Gasteiger partial charge on any atom is -0.461 e. The molecule has 7 nitrogen and oxygen atoms in total. The minimum atomic E-state index is -3.06. The summed E-state index contributed by atoms with van der Waals surface area (Å²) < 4.78 is 30.1. The van der Waals surface area contributed by atoms with Crippen LogP contribution in [0.2, 0.25) is 0 Å². The van der Waals surface area contributed by atoms with Crippen LogP contribution in [0.25, 0.3) is 11.4 Å². The Morgan fingerprint density at radius 2 is 2.12 bits per heavy atom. The van der Waals surface area contributed by atoms with Crippen molar-refractivity contribution in [3.8, 4) is 11.4 Å². The van der Waals surface area contributed by atoms with Gasteiger partial charge in [0, 0.05) is 12.1 Å². The molecule has 1 fully saturated rings. The van der Waals surface area contributed by atoms with Crippen LogP contribution >= 0.6 is 11.8 Å². The van der Waals surface area contributed by atoms with Crippen molar-refractivity contribution in [2.45, 2.75) is 38.1 Å². The van der Waals surface area contributed by atoms with Crippen molar-refractivity contribution in [3.63, 3.8) is 0 Å². The fourth-order valence-electron chi connectivity index (χ4n) is 2.90. The number of aryl methyl sites for hydroxylation is 1. The Morgan fingerprint density at radius 3 is 2.77 bits per heavy atom. The van der Waals surface area contributed by atoms with Gasteiger partial charge >= 0.3 is 5.97 Å². The van der Waals surface area contributed by atoms with Gasteiger partial charge < -0.3 is 9.30 Å². The van der Waals surface area contributed by atoms with E-state index < -0.39 is 21.9 Å². The molecule has 0 radical (unpaired) electrons. The van der Waals surface area contributed by atoms with Gasteiger partial charge in [-0.15, -0.1) is 10.2 Å². The zero-order valence-corrected chi connectivity index (χ0v) is 16.3. The predicted molar refractivity (Wildman–Crippen MR) is 99.7 cm³/mol. The molecule has 1 aromatic carbocycles. The number of nitrogens with zero attached hydrogens (tertiary/aromatic N) is 3. The lowest BCUT2D eigenvalue weighted by molar-refractivity contribution is -0.144. The summed E-state index contributed by atoms with van der Waals surface area (Å²) in [6.07, 6.45) is -0.152. The zero-order valence-electron chi connectivity index (χ0n) is 14.7. The van der Waals surface area contributed by atoms with E-state index in [0.29, 0.717) is 18.1 Å². The third kappa shape index (κ3) is 4.27. The monoisotopic (exact) mass is 395 g/mol. The summed E-state index contributed by atoms with van der Waals surface area (Å²) in [6, 6.07) is 7.94. The fourth-order valence-corrected chi connectivity index (χ4v) is 5.28. The molecule has 0 N–H and O–H groups in total. The Kier molecular flexibility index (Phi) is 5.67. The molecule has 26 heavy (non-hydrogen) atoms. The predicted octanol–water partition coefficient (Wildman–Crippen LogP) is 2.10. The van der Waals surface area contributed by atoms with E-state index in [-0.39, 0.29) is 17.3 Å². The summed E-state index contributed by atoms with van der Waals surface area (Å²) >= 11 is 1.25. The van der Waals surface area contributed by atoms with Crippen molar-refractivity contribution < 1.29 is 17.9 Å². The number of carbonyl (C=O) groups excluding carboxylic acids is 1. The first kappa shape index (κ1) is 18.9. The van der Waals surface area contributed by atoms with Crippen LogP contribution in [0.15, 0.2) is 29.4 Å². The van der Waals surface area contributed by atoms with Crippen molar-refractivity contribution in [2.75, 3.05) is 17.3 Å². The number of rotatable bonds is 6. The SMILES string of the molecule is CCn1c(SCC(=O)O[C@H]2CCS(=O)(=O)C2)nnc1-c1ccccc1C. The molecular weight excluding hydrogens is 374 g/mol. The van der Waals surface area contributed by atoms with Gasteiger partial charge in [0.25, 0.3) is 0 Å². The molecule has 1 aliphatic rings. The lowest BCUT2D eigenvalue weighted by Gasteiger charge is -2.11.